The Morgan fingerprint density at radius 2 is 1.64 bits per heavy atom. The predicted molar refractivity (Wildman–Crippen MR) is 109 cm³/mol. The Morgan fingerprint density at radius 3 is 2.25 bits per heavy atom. The molecule has 0 heterocycles. The lowest BCUT2D eigenvalue weighted by atomic mass is 10.1. The lowest BCUT2D eigenvalue weighted by Gasteiger charge is -2.15. The fourth-order valence-electron chi connectivity index (χ4n) is 2.56. The highest BCUT2D eigenvalue weighted by atomic mass is 32.2. The third-order valence-corrected chi connectivity index (χ3v) is 5.54. The number of unbranched alkanes of at least 4 members (excludes halogenated alkanes) is 5. The summed E-state index contributed by atoms with van der Waals surface area (Å²) >= 11 is 0. The predicted octanol–water partition coefficient (Wildman–Crippen LogP) is 0.622. The number of nitrogens with two attached hydrogens (primary N) is 2. The SMILES string of the molecule is NC(N)=NCCCCCCCCNCC(NS(=O)(=O)c1ccccc1)C(=O)O. The maximum absolute atomic E-state index is 12.2. The molecule has 9 nitrogen and oxygen atoms in total. The van der Waals surface area contributed by atoms with E-state index < -0.39 is 22.0 Å². The molecule has 10 heteroatoms. The first kappa shape index (κ1) is 23.9. The van der Waals surface area contributed by atoms with Crippen LogP contribution in [0.1, 0.15) is 38.5 Å². The van der Waals surface area contributed by atoms with Crippen LogP contribution in [0.5, 0.6) is 0 Å². The Labute approximate surface area is 166 Å². The molecule has 1 aromatic carbocycles. The van der Waals surface area contributed by atoms with Gasteiger partial charge in [-0.15, -0.1) is 0 Å². The van der Waals surface area contributed by atoms with Crippen molar-refractivity contribution in [2.24, 2.45) is 16.5 Å². The summed E-state index contributed by atoms with van der Waals surface area (Å²) in [7, 11) is -3.87. The minimum absolute atomic E-state index is 0.0277. The minimum Gasteiger partial charge on any atom is -0.480 e. The van der Waals surface area contributed by atoms with Crippen LogP contribution >= 0.6 is 0 Å². The first-order valence-electron chi connectivity index (χ1n) is 9.39. The van der Waals surface area contributed by atoms with Gasteiger partial charge in [0.05, 0.1) is 4.90 Å². The summed E-state index contributed by atoms with van der Waals surface area (Å²) in [5.41, 5.74) is 10.5. The van der Waals surface area contributed by atoms with Crippen molar-refractivity contribution in [1.29, 1.82) is 0 Å². The molecule has 0 aromatic heterocycles. The number of hydrogen-bond acceptors (Lipinski definition) is 5. The van der Waals surface area contributed by atoms with Crippen molar-refractivity contribution in [2.75, 3.05) is 19.6 Å². The molecule has 0 bridgehead atoms. The number of nitrogens with zero attached hydrogens (tertiary/aromatic N) is 1. The van der Waals surface area contributed by atoms with Crippen LogP contribution in [-0.2, 0) is 14.8 Å². The van der Waals surface area contributed by atoms with E-state index in [1.807, 2.05) is 0 Å². The van der Waals surface area contributed by atoms with Gasteiger partial charge < -0.3 is 21.9 Å². The van der Waals surface area contributed by atoms with Gasteiger partial charge in [-0.1, -0.05) is 43.9 Å². The zero-order valence-electron chi connectivity index (χ0n) is 16.0. The van der Waals surface area contributed by atoms with Crippen LogP contribution in [0, 0.1) is 0 Å². The number of benzene rings is 1. The van der Waals surface area contributed by atoms with Crippen LogP contribution in [0.3, 0.4) is 0 Å². The average Bonchev–Trinajstić information content (AvgIpc) is 2.65. The number of aliphatic imine (C=N–C) groups is 1. The van der Waals surface area contributed by atoms with E-state index in [1.54, 1.807) is 18.2 Å². The van der Waals surface area contributed by atoms with Crippen LogP contribution in [0.2, 0.25) is 0 Å². The minimum atomic E-state index is -3.87. The molecule has 7 N–H and O–H groups in total. The Kier molecular flexibility index (Phi) is 11.2. The second-order valence-corrected chi connectivity index (χ2v) is 8.17. The van der Waals surface area contributed by atoms with Gasteiger partial charge >= 0.3 is 5.97 Å². The van der Waals surface area contributed by atoms with Gasteiger partial charge in [-0.3, -0.25) is 9.79 Å². The molecule has 0 amide bonds. The second-order valence-electron chi connectivity index (χ2n) is 6.46. The number of carboxylic acid groups (broad SMARTS) is 1. The van der Waals surface area contributed by atoms with Crippen LogP contribution in [0.15, 0.2) is 40.2 Å². The maximum Gasteiger partial charge on any atom is 0.323 e. The molecule has 0 radical (unpaired) electrons. The quantitative estimate of drug-likeness (QED) is 0.160. The van der Waals surface area contributed by atoms with E-state index in [9.17, 15) is 18.3 Å². The first-order chi connectivity index (χ1) is 13.3. The molecule has 0 saturated carbocycles. The molecular formula is C18H31N5O4S. The number of nitrogens with one attached hydrogen (secondary N) is 2. The van der Waals surface area contributed by atoms with Gasteiger partial charge in [0, 0.05) is 13.1 Å². The van der Waals surface area contributed by atoms with E-state index in [1.165, 1.54) is 12.1 Å². The number of carbonyl (C=O) groups is 1. The normalized spacial score (nSPS) is 12.4. The summed E-state index contributed by atoms with van der Waals surface area (Å²) in [6.45, 7) is 1.31. The van der Waals surface area contributed by atoms with Crippen molar-refractivity contribution in [2.45, 2.75) is 49.5 Å². The van der Waals surface area contributed by atoms with Crippen LogP contribution in [-0.4, -0.2) is 51.1 Å². The summed E-state index contributed by atoms with van der Waals surface area (Å²) in [6.07, 6.45) is 6.10. The van der Waals surface area contributed by atoms with Crippen LogP contribution < -0.4 is 21.5 Å². The van der Waals surface area contributed by atoms with Crippen molar-refractivity contribution >= 4 is 22.0 Å². The van der Waals surface area contributed by atoms with E-state index in [0.29, 0.717) is 13.1 Å². The molecule has 0 fully saturated rings. The molecule has 1 unspecified atom stereocenters. The van der Waals surface area contributed by atoms with E-state index >= 15 is 0 Å². The van der Waals surface area contributed by atoms with Crippen molar-refractivity contribution < 1.29 is 18.3 Å². The van der Waals surface area contributed by atoms with Gasteiger partial charge in [0.15, 0.2) is 5.96 Å². The van der Waals surface area contributed by atoms with Gasteiger partial charge in [0.2, 0.25) is 10.0 Å². The summed E-state index contributed by atoms with van der Waals surface area (Å²) in [5.74, 6) is -1.09. The highest BCUT2D eigenvalue weighted by molar-refractivity contribution is 7.89. The molecule has 158 valence electrons. The van der Waals surface area contributed by atoms with Crippen molar-refractivity contribution in [3.8, 4) is 0 Å². The molecule has 1 atom stereocenters. The Morgan fingerprint density at radius 1 is 1.04 bits per heavy atom. The molecular weight excluding hydrogens is 382 g/mol. The summed E-state index contributed by atoms with van der Waals surface area (Å²) in [5, 5.41) is 12.3. The number of rotatable bonds is 15. The topological polar surface area (TPSA) is 160 Å². The van der Waals surface area contributed by atoms with E-state index in [-0.39, 0.29) is 17.4 Å². The maximum atomic E-state index is 12.2. The molecule has 0 aliphatic heterocycles. The molecule has 0 aliphatic rings. The fraction of sp³-hybridized carbons (Fsp3) is 0.556. The molecule has 28 heavy (non-hydrogen) atoms. The number of carboxylic acids is 1. The molecule has 0 aliphatic carbocycles. The van der Waals surface area contributed by atoms with Gasteiger partial charge in [-0.2, -0.15) is 4.72 Å². The molecule has 1 rings (SSSR count). The summed E-state index contributed by atoms with van der Waals surface area (Å²) in [4.78, 5) is 15.3. The van der Waals surface area contributed by atoms with Crippen molar-refractivity contribution in [3.63, 3.8) is 0 Å². The zero-order chi connectivity index (χ0) is 20.8. The lowest BCUT2D eigenvalue weighted by Crippen LogP contribution is -2.47. The molecule has 0 saturated heterocycles. The molecule has 1 aromatic rings. The summed E-state index contributed by atoms with van der Waals surface area (Å²) < 4.78 is 26.7. The third kappa shape index (κ3) is 10.2. The van der Waals surface area contributed by atoms with Crippen molar-refractivity contribution in [3.05, 3.63) is 30.3 Å². The largest absolute Gasteiger partial charge is 0.480 e. The second kappa shape index (κ2) is 13.1. The lowest BCUT2D eigenvalue weighted by molar-refractivity contribution is -0.138. The zero-order valence-corrected chi connectivity index (χ0v) is 16.8. The average molecular weight is 414 g/mol. The number of hydrogen-bond donors (Lipinski definition) is 5. The van der Waals surface area contributed by atoms with Gasteiger partial charge in [0.1, 0.15) is 6.04 Å². The van der Waals surface area contributed by atoms with E-state index in [0.717, 1.165) is 38.5 Å². The fourth-order valence-corrected chi connectivity index (χ4v) is 3.77. The Hall–Kier alpha value is -2.17. The first-order valence-corrected chi connectivity index (χ1v) is 10.9. The number of aliphatic carboxylic acids is 1. The van der Waals surface area contributed by atoms with Crippen LogP contribution in [0.25, 0.3) is 0 Å². The van der Waals surface area contributed by atoms with Gasteiger partial charge in [0.25, 0.3) is 0 Å². The highest BCUT2D eigenvalue weighted by Crippen LogP contribution is 2.08. The van der Waals surface area contributed by atoms with Crippen molar-refractivity contribution in [1.82, 2.24) is 10.0 Å². The Balaban J connectivity index is 2.21. The Bertz CT molecular complexity index is 706. The summed E-state index contributed by atoms with van der Waals surface area (Å²) in [6, 6.07) is 6.49. The highest BCUT2D eigenvalue weighted by Gasteiger charge is 2.24. The molecule has 0 spiro atoms. The third-order valence-electron chi connectivity index (χ3n) is 4.05. The smallest absolute Gasteiger partial charge is 0.323 e. The van der Waals surface area contributed by atoms with E-state index in [2.05, 4.69) is 15.0 Å². The number of sulfonamides is 1. The van der Waals surface area contributed by atoms with Gasteiger partial charge in [-0.05, 0) is 31.5 Å². The monoisotopic (exact) mass is 413 g/mol. The van der Waals surface area contributed by atoms with E-state index in [4.69, 9.17) is 11.5 Å². The van der Waals surface area contributed by atoms with Crippen LogP contribution in [0.4, 0.5) is 0 Å². The van der Waals surface area contributed by atoms with Gasteiger partial charge in [-0.25, -0.2) is 8.42 Å². The standard InChI is InChI=1S/C18H31N5O4S/c19-18(20)22-13-9-4-2-1-3-8-12-21-14-16(17(24)25)23-28(26,27)15-10-6-5-7-11-15/h5-7,10-11,16,21,23H,1-4,8-9,12-14H2,(H,24,25)(H4,19,20,22). The number of guanidine groups is 1.